The Balaban J connectivity index is 1.63. The largest absolute Gasteiger partial charge is 0.490 e. The Hall–Kier alpha value is -3.45. The molecule has 0 N–H and O–H groups in total. The summed E-state index contributed by atoms with van der Waals surface area (Å²) >= 11 is 0. The lowest BCUT2D eigenvalue weighted by molar-refractivity contribution is 0.209. The van der Waals surface area contributed by atoms with E-state index in [0.717, 1.165) is 16.9 Å². The van der Waals surface area contributed by atoms with Crippen LogP contribution in [0.3, 0.4) is 0 Å². The molecule has 0 atom stereocenters. The normalized spacial score (nSPS) is 10.1. The van der Waals surface area contributed by atoms with Crippen LogP contribution in [0.5, 0.6) is 17.2 Å². The summed E-state index contributed by atoms with van der Waals surface area (Å²) < 4.78 is 17.3. The quantitative estimate of drug-likeness (QED) is 0.526. The highest BCUT2D eigenvalue weighted by Gasteiger charge is 2.08. The minimum absolute atomic E-state index is 0.370. The van der Waals surface area contributed by atoms with E-state index in [0.29, 0.717) is 36.9 Å². The van der Waals surface area contributed by atoms with Crippen LogP contribution >= 0.6 is 0 Å². The fourth-order valence-electron chi connectivity index (χ4n) is 2.72. The van der Waals surface area contributed by atoms with Crippen LogP contribution in [0.25, 0.3) is 11.1 Å². The maximum Gasteiger partial charge on any atom is 0.162 e. The van der Waals surface area contributed by atoms with Gasteiger partial charge in [0, 0.05) is 11.6 Å². The van der Waals surface area contributed by atoms with Gasteiger partial charge in [-0.1, -0.05) is 48.5 Å². The average molecular weight is 359 g/mol. The first-order valence-electron chi connectivity index (χ1n) is 8.89. The Kier molecular flexibility index (Phi) is 6.32. The summed E-state index contributed by atoms with van der Waals surface area (Å²) in [5.41, 5.74) is 2.70. The van der Waals surface area contributed by atoms with Crippen molar-refractivity contribution in [2.45, 2.75) is 6.92 Å². The fourth-order valence-corrected chi connectivity index (χ4v) is 2.72. The van der Waals surface area contributed by atoms with Gasteiger partial charge in [0.15, 0.2) is 11.5 Å². The molecule has 3 aromatic carbocycles. The summed E-state index contributed by atoms with van der Waals surface area (Å²) in [5.74, 6) is 1.99. The molecule has 3 aromatic rings. The molecule has 0 heterocycles. The molecule has 0 saturated carbocycles. The number of para-hydroxylation sites is 1. The maximum absolute atomic E-state index is 9.01. The minimum atomic E-state index is 0.370. The highest BCUT2D eigenvalue weighted by molar-refractivity contribution is 5.70. The molecule has 0 aromatic heterocycles. The zero-order valence-corrected chi connectivity index (χ0v) is 15.2. The number of hydrogen-bond donors (Lipinski definition) is 0. The SMILES string of the molecule is CCOc1cc(C#N)ccc1OCCOc1ccccc1-c1ccccc1. The van der Waals surface area contributed by atoms with Gasteiger partial charge in [0.2, 0.25) is 0 Å². The number of nitrogens with zero attached hydrogens (tertiary/aromatic N) is 1. The molecule has 136 valence electrons. The van der Waals surface area contributed by atoms with Gasteiger partial charge in [-0.25, -0.2) is 0 Å². The van der Waals surface area contributed by atoms with Crippen molar-refractivity contribution < 1.29 is 14.2 Å². The molecule has 0 aliphatic heterocycles. The Morgan fingerprint density at radius 3 is 2.19 bits per heavy atom. The summed E-state index contributed by atoms with van der Waals surface area (Å²) in [6.07, 6.45) is 0. The van der Waals surface area contributed by atoms with Gasteiger partial charge < -0.3 is 14.2 Å². The molecule has 0 aliphatic rings. The van der Waals surface area contributed by atoms with Crippen molar-refractivity contribution in [2.75, 3.05) is 19.8 Å². The summed E-state index contributed by atoms with van der Waals surface area (Å²) in [6.45, 7) is 3.17. The van der Waals surface area contributed by atoms with E-state index in [1.54, 1.807) is 18.2 Å². The average Bonchev–Trinajstić information content (AvgIpc) is 2.73. The maximum atomic E-state index is 9.01. The van der Waals surface area contributed by atoms with E-state index in [1.165, 1.54) is 0 Å². The first kappa shape index (κ1) is 18.3. The first-order valence-corrected chi connectivity index (χ1v) is 8.89. The van der Waals surface area contributed by atoms with Crippen molar-refractivity contribution in [2.24, 2.45) is 0 Å². The molecule has 0 spiro atoms. The highest BCUT2D eigenvalue weighted by atomic mass is 16.5. The lowest BCUT2D eigenvalue weighted by Crippen LogP contribution is -2.10. The predicted octanol–water partition coefficient (Wildman–Crippen LogP) is 5.08. The zero-order valence-electron chi connectivity index (χ0n) is 15.2. The van der Waals surface area contributed by atoms with Gasteiger partial charge in [-0.05, 0) is 30.7 Å². The molecular formula is C23H21NO3. The van der Waals surface area contributed by atoms with Crippen molar-refractivity contribution in [3.8, 4) is 34.4 Å². The Morgan fingerprint density at radius 2 is 1.44 bits per heavy atom. The number of benzene rings is 3. The number of hydrogen-bond acceptors (Lipinski definition) is 4. The Bertz CT molecular complexity index is 916. The third kappa shape index (κ3) is 4.80. The van der Waals surface area contributed by atoms with Gasteiger partial charge in [0.25, 0.3) is 0 Å². The van der Waals surface area contributed by atoms with Gasteiger partial charge in [-0.3, -0.25) is 0 Å². The smallest absolute Gasteiger partial charge is 0.162 e. The standard InChI is InChI=1S/C23H21NO3/c1-2-25-23-16-18(17-24)12-13-22(23)27-15-14-26-21-11-7-6-10-20(21)19-8-4-3-5-9-19/h3-13,16H,2,14-15H2,1H3. The summed E-state index contributed by atoms with van der Waals surface area (Å²) in [6, 6.07) is 25.3. The molecule has 0 radical (unpaired) electrons. The van der Waals surface area contributed by atoms with Crippen LogP contribution in [0, 0.1) is 11.3 Å². The number of nitriles is 1. The van der Waals surface area contributed by atoms with Crippen LogP contribution in [0.2, 0.25) is 0 Å². The molecule has 4 nitrogen and oxygen atoms in total. The van der Waals surface area contributed by atoms with Crippen molar-refractivity contribution in [3.05, 3.63) is 78.4 Å². The van der Waals surface area contributed by atoms with E-state index < -0.39 is 0 Å². The molecule has 0 unspecified atom stereocenters. The van der Waals surface area contributed by atoms with Crippen LogP contribution in [-0.4, -0.2) is 19.8 Å². The molecule has 0 bridgehead atoms. The van der Waals surface area contributed by atoms with Crippen molar-refractivity contribution in [3.63, 3.8) is 0 Å². The first-order chi connectivity index (χ1) is 13.3. The monoisotopic (exact) mass is 359 g/mol. The van der Waals surface area contributed by atoms with Crippen molar-refractivity contribution in [1.29, 1.82) is 5.26 Å². The fraction of sp³-hybridized carbons (Fsp3) is 0.174. The third-order valence-electron chi connectivity index (χ3n) is 3.94. The number of ether oxygens (including phenoxy) is 3. The van der Waals surface area contributed by atoms with Crippen LogP contribution in [0.1, 0.15) is 12.5 Å². The second kappa shape index (κ2) is 9.30. The molecule has 0 aliphatic carbocycles. The summed E-state index contributed by atoms with van der Waals surface area (Å²) in [7, 11) is 0. The second-order valence-corrected chi connectivity index (χ2v) is 5.77. The van der Waals surface area contributed by atoms with E-state index in [2.05, 4.69) is 18.2 Å². The number of rotatable bonds is 8. The van der Waals surface area contributed by atoms with E-state index in [9.17, 15) is 0 Å². The van der Waals surface area contributed by atoms with Gasteiger partial charge in [-0.2, -0.15) is 5.26 Å². The van der Waals surface area contributed by atoms with E-state index in [1.807, 2.05) is 49.4 Å². The highest BCUT2D eigenvalue weighted by Crippen LogP contribution is 2.30. The molecule has 0 amide bonds. The van der Waals surface area contributed by atoms with Crippen LogP contribution in [0.4, 0.5) is 0 Å². The topological polar surface area (TPSA) is 51.5 Å². The molecule has 0 saturated heterocycles. The second-order valence-electron chi connectivity index (χ2n) is 5.77. The summed E-state index contributed by atoms with van der Waals surface area (Å²) in [4.78, 5) is 0. The predicted molar refractivity (Wildman–Crippen MR) is 105 cm³/mol. The molecule has 3 rings (SSSR count). The van der Waals surface area contributed by atoms with E-state index in [-0.39, 0.29) is 0 Å². The van der Waals surface area contributed by atoms with Crippen LogP contribution in [-0.2, 0) is 0 Å². The van der Waals surface area contributed by atoms with Gasteiger partial charge in [0.05, 0.1) is 18.2 Å². The van der Waals surface area contributed by atoms with Crippen LogP contribution < -0.4 is 14.2 Å². The van der Waals surface area contributed by atoms with Gasteiger partial charge in [-0.15, -0.1) is 0 Å². The Morgan fingerprint density at radius 1 is 0.741 bits per heavy atom. The lowest BCUT2D eigenvalue weighted by Gasteiger charge is -2.14. The van der Waals surface area contributed by atoms with Gasteiger partial charge in [0.1, 0.15) is 19.0 Å². The minimum Gasteiger partial charge on any atom is -0.490 e. The molecule has 0 fully saturated rings. The molecule has 4 heteroatoms. The van der Waals surface area contributed by atoms with Crippen LogP contribution in [0.15, 0.2) is 72.8 Å². The third-order valence-corrected chi connectivity index (χ3v) is 3.94. The molecular weight excluding hydrogens is 338 g/mol. The van der Waals surface area contributed by atoms with E-state index in [4.69, 9.17) is 19.5 Å². The van der Waals surface area contributed by atoms with Gasteiger partial charge >= 0.3 is 0 Å². The van der Waals surface area contributed by atoms with Crippen molar-refractivity contribution >= 4 is 0 Å². The van der Waals surface area contributed by atoms with Crippen molar-refractivity contribution in [1.82, 2.24) is 0 Å². The summed E-state index contributed by atoms with van der Waals surface area (Å²) in [5, 5.41) is 9.01. The van der Waals surface area contributed by atoms with E-state index >= 15 is 0 Å². The zero-order chi connectivity index (χ0) is 18.9. The molecule has 27 heavy (non-hydrogen) atoms. The lowest BCUT2D eigenvalue weighted by atomic mass is 10.1. The Labute approximate surface area is 159 Å².